The van der Waals surface area contributed by atoms with Crippen LogP contribution in [0.1, 0.15) is 24.1 Å². The van der Waals surface area contributed by atoms with Gasteiger partial charge in [-0.2, -0.15) is 5.26 Å². The quantitative estimate of drug-likeness (QED) is 0.911. The molecule has 1 fully saturated rings. The number of aromatic nitrogens is 3. The van der Waals surface area contributed by atoms with E-state index in [0.29, 0.717) is 0 Å². The summed E-state index contributed by atoms with van der Waals surface area (Å²) in [7, 11) is 0. The molecule has 1 aliphatic rings. The van der Waals surface area contributed by atoms with E-state index in [2.05, 4.69) is 10.1 Å². The Hall–Kier alpha value is -2.30. The number of nitriles is 1. The second kappa shape index (κ2) is 4.10. The zero-order valence-electron chi connectivity index (χ0n) is 10.3. The van der Waals surface area contributed by atoms with E-state index in [1.54, 1.807) is 6.07 Å². The van der Waals surface area contributed by atoms with Crippen molar-refractivity contribution < 1.29 is 13.2 Å². The maximum Gasteiger partial charge on any atom is 0.248 e. The lowest BCUT2D eigenvalue weighted by Crippen LogP contribution is -2.36. The van der Waals surface area contributed by atoms with Crippen molar-refractivity contribution in [2.45, 2.75) is 25.2 Å². The third-order valence-corrected chi connectivity index (χ3v) is 3.51. The Bertz CT molecular complexity index is 723. The average Bonchev–Trinajstić information content (AvgIpc) is 2.59. The molecule has 0 saturated heterocycles. The molecular formula is C12H10F3N5. The van der Waals surface area contributed by atoms with Crippen molar-refractivity contribution in [3.63, 3.8) is 0 Å². The van der Waals surface area contributed by atoms with Gasteiger partial charge < -0.3 is 5.73 Å². The first-order valence-electron chi connectivity index (χ1n) is 6.01. The van der Waals surface area contributed by atoms with Gasteiger partial charge >= 0.3 is 0 Å². The molecule has 0 spiro atoms. The molecule has 20 heavy (non-hydrogen) atoms. The summed E-state index contributed by atoms with van der Waals surface area (Å²) in [6.07, 6.45) is 0.831. The summed E-state index contributed by atoms with van der Waals surface area (Å²) in [4.78, 5) is 3.67. The number of nitrogen functional groups attached to an aromatic ring is 1. The Morgan fingerprint density at radius 3 is 2.80 bits per heavy atom. The average molecular weight is 281 g/mol. The van der Waals surface area contributed by atoms with Crippen LogP contribution in [-0.2, 0) is 6.42 Å². The number of nitrogens with zero attached hydrogens (tertiary/aromatic N) is 4. The van der Waals surface area contributed by atoms with E-state index < -0.39 is 11.7 Å². The highest BCUT2D eigenvalue weighted by Gasteiger charge is 2.45. The van der Waals surface area contributed by atoms with Crippen LogP contribution in [0, 0.1) is 23.1 Å². The first-order chi connectivity index (χ1) is 9.41. The Morgan fingerprint density at radius 1 is 1.50 bits per heavy atom. The van der Waals surface area contributed by atoms with Gasteiger partial charge in [0.1, 0.15) is 17.1 Å². The van der Waals surface area contributed by atoms with Gasteiger partial charge in [0.15, 0.2) is 5.82 Å². The molecule has 2 aromatic rings. The predicted octanol–water partition coefficient (Wildman–Crippen LogP) is 1.91. The monoisotopic (exact) mass is 281 g/mol. The fraction of sp³-hybridized carbons (Fsp3) is 0.417. The predicted molar refractivity (Wildman–Crippen MR) is 63.4 cm³/mol. The molecule has 2 aromatic heterocycles. The molecule has 1 saturated carbocycles. The Labute approximate surface area is 111 Å². The summed E-state index contributed by atoms with van der Waals surface area (Å²) < 4.78 is 41.0. The van der Waals surface area contributed by atoms with Gasteiger partial charge in [0.2, 0.25) is 11.9 Å². The summed E-state index contributed by atoms with van der Waals surface area (Å²) in [5.41, 5.74) is 5.56. The summed E-state index contributed by atoms with van der Waals surface area (Å²) in [6, 6.07) is 1.76. The van der Waals surface area contributed by atoms with Crippen LogP contribution in [0.5, 0.6) is 0 Å². The van der Waals surface area contributed by atoms with Crippen molar-refractivity contribution in [1.29, 1.82) is 5.26 Å². The molecule has 5 nitrogen and oxygen atoms in total. The van der Waals surface area contributed by atoms with E-state index in [1.165, 1.54) is 10.7 Å². The lowest BCUT2D eigenvalue weighted by Gasteiger charge is -2.34. The minimum absolute atomic E-state index is 0.0248. The van der Waals surface area contributed by atoms with E-state index in [9.17, 15) is 13.2 Å². The van der Waals surface area contributed by atoms with Gasteiger partial charge in [0.05, 0.1) is 11.9 Å². The molecule has 2 N–H and O–H groups in total. The van der Waals surface area contributed by atoms with Crippen LogP contribution in [0.25, 0.3) is 5.52 Å². The highest BCUT2D eigenvalue weighted by molar-refractivity contribution is 5.57. The van der Waals surface area contributed by atoms with Gasteiger partial charge in [-0.05, 0) is 12.3 Å². The molecular weight excluding hydrogens is 271 g/mol. The number of halogens is 3. The van der Waals surface area contributed by atoms with Gasteiger partial charge in [-0.25, -0.2) is 22.7 Å². The van der Waals surface area contributed by atoms with E-state index in [1.807, 2.05) is 0 Å². The summed E-state index contributed by atoms with van der Waals surface area (Å²) in [5, 5.41) is 12.9. The molecule has 0 unspecified atom stereocenters. The fourth-order valence-electron chi connectivity index (χ4n) is 2.58. The number of hydrogen-bond acceptors (Lipinski definition) is 4. The van der Waals surface area contributed by atoms with E-state index in [0.717, 1.165) is 0 Å². The standard InChI is InChI=1S/C12H10F3N5/c13-10-7(4-16)8(1-6-2-12(14,15)3-6)20-9(10)5-18-11(17)19-20/h5-6H,1-3H2,(H2,17,19). The van der Waals surface area contributed by atoms with Gasteiger partial charge in [-0.15, -0.1) is 5.10 Å². The van der Waals surface area contributed by atoms with Gasteiger partial charge in [0.25, 0.3) is 0 Å². The minimum atomic E-state index is -2.66. The lowest BCUT2D eigenvalue weighted by molar-refractivity contribution is -0.110. The number of rotatable bonds is 2. The number of fused-ring (bicyclic) bond motifs is 1. The molecule has 3 rings (SSSR count). The van der Waals surface area contributed by atoms with Crippen molar-refractivity contribution in [3.8, 4) is 6.07 Å². The van der Waals surface area contributed by atoms with Crippen molar-refractivity contribution in [2.24, 2.45) is 5.92 Å². The van der Waals surface area contributed by atoms with Crippen LogP contribution in [0.4, 0.5) is 19.1 Å². The highest BCUT2D eigenvalue weighted by atomic mass is 19.3. The molecule has 0 bridgehead atoms. The molecule has 1 aliphatic carbocycles. The second-order valence-corrected chi connectivity index (χ2v) is 5.00. The van der Waals surface area contributed by atoms with Crippen LogP contribution in [-0.4, -0.2) is 20.5 Å². The first kappa shape index (κ1) is 12.7. The van der Waals surface area contributed by atoms with E-state index >= 15 is 0 Å². The fourth-order valence-corrected chi connectivity index (χ4v) is 2.58. The molecule has 0 amide bonds. The van der Waals surface area contributed by atoms with Crippen LogP contribution in [0.15, 0.2) is 6.20 Å². The summed E-state index contributed by atoms with van der Waals surface area (Å²) in [6.45, 7) is 0. The summed E-state index contributed by atoms with van der Waals surface area (Å²) in [5.74, 6) is -3.76. The van der Waals surface area contributed by atoms with Crippen LogP contribution in [0.3, 0.4) is 0 Å². The Balaban J connectivity index is 2.05. The Kier molecular flexibility index (Phi) is 2.61. The van der Waals surface area contributed by atoms with Crippen LogP contribution < -0.4 is 5.73 Å². The summed E-state index contributed by atoms with van der Waals surface area (Å²) >= 11 is 0. The maximum absolute atomic E-state index is 14.0. The molecule has 104 valence electrons. The van der Waals surface area contributed by atoms with Crippen molar-refractivity contribution in [2.75, 3.05) is 5.73 Å². The zero-order chi connectivity index (χ0) is 14.5. The number of anilines is 1. The molecule has 0 radical (unpaired) electrons. The largest absolute Gasteiger partial charge is 0.367 e. The number of hydrogen-bond donors (Lipinski definition) is 1. The van der Waals surface area contributed by atoms with Crippen molar-refractivity contribution in [1.82, 2.24) is 14.6 Å². The molecule has 0 aromatic carbocycles. The topological polar surface area (TPSA) is 80.0 Å². The Morgan fingerprint density at radius 2 is 2.20 bits per heavy atom. The van der Waals surface area contributed by atoms with E-state index in [4.69, 9.17) is 11.0 Å². The molecule has 0 aliphatic heterocycles. The third-order valence-electron chi connectivity index (χ3n) is 3.51. The maximum atomic E-state index is 14.0. The highest BCUT2D eigenvalue weighted by Crippen LogP contribution is 2.44. The van der Waals surface area contributed by atoms with Gasteiger partial charge in [0, 0.05) is 12.8 Å². The van der Waals surface area contributed by atoms with Gasteiger partial charge in [-0.3, -0.25) is 0 Å². The second-order valence-electron chi connectivity index (χ2n) is 5.00. The molecule has 8 heteroatoms. The van der Waals surface area contributed by atoms with E-state index in [-0.39, 0.29) is 47.9 Å². The van der Waals surface area contributed by atoms with Crippen molar-refractivity contribution in [3.05, 3.63) is 23.3 Å². The third kappa shape index (κ3) is 1.86. The number of nitrogens with two attached hydrogens (primary N) is 1. The first-order valence-corrected chi connectivity index (χ1v) is 6.01. The zero-order valence-corrected chi connectivity index (χ0v) is 10.3. The smallest absolute Gasteiger partial charge is 0.248 e. The van der Waals surface area contributed by atoms with Crippen LogP contribution in [0.2, 0.25) is 0 Å². The minimum Gasteiger partial charge on any atom is -0.367 e. The SMILES string of the molecule is N#Cc1c(F)c2cnc(N)nn2c1CC1CC(F)(F)C1. The molecule has 2 heterocycles. The van der Waals surface area contributed by atoms with Crippen LogP contribution >= 0.6 is 0 Å². The van der Waals surface area contributed by atoms with Gasteiger partial charge in [-0.1, -0.05) is 0 Å². The molecule has 0 atom stereocenters. The number of alkyl halides is 2. The lowest BCUT2D eigenvalue weighted by atomic mass is 9.78. The normalized spacial score (nSPS) is 17.9. The van der Waals surface area contributed by atoms with Crippen molar-refractivity contribution >= 4 is 11.5 Å².